The van der Waals surface area contributed by atoms with Crippen molar-refractivity contribution in [2.45, 2.75) is 36.2 Å². The van der Waals surface area contributed by atoms with Crippen LogP contribution in [0.4, 0.5) is 0 Å². The Morgan fingerprint density at radius 2 is 1.96 bits per heavy atom. The highest BCUT2D eigenvalue weighted by atomic mass is 32.2. The highest BCUT2D eigenvalue weighted by Gasteiger charge is 2.42. The zero-order chi connectivity index (χ0) is 17.2. The van der Waals surface area contributed by atoms with Gasteiger partial charge in [-0.1, -0.05) is 17.7 Å². The second-order valence-corrected chi connectivity index (χ2v) is 7.31. The molecule has 0 spiro atoms. The second kappa shape index (κ2) is 7.44. The minimum Gasteiger partial charge on any atom is -0.388 e. The quantitative estimate of drug-likeness (QED) is 0.742. The molecule has 0 bridgehead atoms. The van der Waals surface area contributed by atoms with Crippen LogP contribution in [-0.2, 0) is 33.2 Å². The summed E-state index contributed by atoms with van der Waals surface area (Å²) in [6.45, 7) is 1.79. The molecule has 3 rings (SSSR count). The van der Waals surface area contributed by atoms with Crippen molar-refractivity contribution in [2.75, 3.05) is 26.8 Å². The fourth-order valence-electron chi connectivity index (χ4n) is 2.60. The Kier molecular flexibility index (Phi) is 5.50. The first-order chi connectivity index (χ1) is 11.5. The summed E-state index contributed by atoms with van der Waals surface area (Å²) >= 11 is 0. The first-order valence-corrected chi connectivity index (χ1v) is 8.95. The summed E-state index contributed by atoms with van der Waals surface area (Å²) in [7, 11) is -3.95. The van der Waals surface area contributed by atoms with E-state index >= 15 is 0 Å². The van der Waals surface area contributed by atoms with Crippen LogP contribution in [0.1, 0.15) is 5.56 Å². The monoisotopic (exact) mass is 360 g/mol. The van der Waals surface area contributed by atoms with E-state index < -0.39 is 35.0 Å². The number of rotatable bonds is 5. The van der Waals surface area contributed by atoms with Gasteiger partial charge in [0, 0.05) is 0 Å². The van der Waals surface area contributed by atoms with Crippen LogP contribution in [0.5, 0.6) is 0 Å². The third kappa shape index (κ3) is 3.94. The maximum atomic E-state index is 12.2. The molecule has 0 radical (unpaired) electrons. The molecule has 2 heterocycles. The standard InChI is InChI=1S/C15H20O8S/c1-10-2-4-11(5-3-10)24(17,18)23-6-12(16)14-15-13(20-9-22-14)7-19-8-21-15/h2-5,12-16H,6-9H2,1H3. The number of hydrogen-bond acceptors (Lipinski definition) is 8. The van der Waals surface area contributed by atoms with Crippen molar-refractivity contribution in [3.8, 4) is 0 Å². The van der Waals surface area contributed by atoms with E-state index in [9.17, 15) is 13.5 Å². The van der Waals surface area contributed by atoms with Crippen molar-refractivity contribution in [1.29, 1.82) is 0 Å². The number of aliphatic hydroxyl groups is 1. The van der Waals surface area contributed by atoms with Crippen molar-refractivity contribution >= 4 is 10.1 Å². The van der Waals surface area contributed by atoms with E-state index in [-0.39, 0.29) is 24.6 Å². The van der Waals surface area contributed by atoms with Crippen LogP contribution in [0.25, 0.3) is 0 Å². The average Bonchev–Trinajstić information content (AvgIpc) is 2.59. The van der Waals surface area contributed by atoms with Crippen molar-refractivity contribution in [3.05, 3.63) is 29.8 Å². The minimum atomic E-state index is -3.95. The van der Waals surface area contributed by atoms with E-state index in [1.165, 1.54) is 12.1 Å². The summed E-state index contributed by atoms with van der Waals surface area (Å²) < 4.78 is 50.6. The van der Waals surface area contributed by atoms with Gasteiger partial charge >= 0.3 is 0 Å². The lowest BCUT2D eigenvalue weighted by Gasteiger charge is -2.41. The Morgan fingerprint density at radius 3 is 2.71 bits per heavy atom. The molecule has 24 heavy (non-hydrogen) atoms. The lowest BCUT2D eigenvalue weighted by atomic mass is 10.0. The number of aryl methyl sites for hydroxylation is 1. The molecule has 8 nitrogen and oxygen atoms in total. The van der Waals surface area contributed by atoms with Crippen LogP contribution in [0.15, 0.2) is 29.2 Å². The van der Waals surface area contributed by atoms with Crippen LogP contribution in [0, 0.1) is 6.92 Å². The first kappa shape index (κ1) is 17.7. The molecule has 4 unspecified atom stereocenters. The maximum Gasteiger partial charge on any atom is 0.297 e. The van der Waals surface area contributed by atoms with Crippen molar-refractivity contribution in [3.63, 3.8) is 0 Å². The Hall–Kier alpha value is -1.07. The summed E-state index contributed by atoms with van der Waals surface area (Å²) in [5, 5.41) is 10.3. The lowest BCUT2D eigenvalue weighted by molar-refractivity contribution is -0.314. The number of benzene rings is 1. The van der Waals surface area contributed by atoms with Gasteiger partial charge in [0.1, 0.15) is 38.0 Å². The van der Waals surface area contributed by atoms with Gasteiger partial charge < -0.3 is 24.1 Å². The van der Waals surface area contributed by atoms with Gasteiger partial charge in [0.15, 0.2) is 0 Å². The highest BCUT2D eigenvalue weighted by Crippen LogP contribution is 2.24. The molecular weight excluding hydrogens is 340 g/mol. The number of fused-ring (bicyclic) bond motifs is 1. The number of ether oxygens (including phenoxy) is 4. The van der Waals surface area contributed by atoms with Gasteiger partial charge in [-0.15, -0.1) is 0 Å². The Bertz CT molecular complexity index is 642. The Balaban J connectivity index is 1.62. The third-order valence-electron chi connectivity index (χ3n) is 3.94. The molecule has 0 aromatic heterocycles. The zero-order valence-electron chi connectivity index (χ0n) is 13.2. The summed E-state index contributed by atoms with van der Waals surface area (Å²) in [6.07, 6.45) is -2.82. The van der Waals surface area contributed by atoms with E-state index in [1.54, 1.807) is 12.1 Å². The normalized spacial score (nSPS) is 29.0. The van der Waals surface area contributed by atoms with Crippen LogP contribution >= 0.6 is 0 Å². The molecule has 0 saturated carbocycles. The predicted octanol–water partition coefficient (Wildman–Crippen LogP) is 0.176. The number of hydrogen-bond donors (Lipinski definition) is 1. The SMILES string of the molecule is Cc1ccc(S(=O)(=O)OCC(O)C2OCOC3COCOC32)cc1. The maximum absolute atomic E-state index is 12.2. The van der Waals surface area contributed by atoms with Gasteiger partial charge in [0.2, 0.25) is 0 Å². The fraction of sp³-hybridized carbons (Fsp3) is 0.600. The third-order valence-corrected chi connectivity index (χ3v) is 5.24. The zero-order valence-corrected chi connectivity index (χ0v) is 14.0. The molecular formula is C15H20O8S. The van der Waals surface area contributed by atoms with Crippen LogP contribution in [-0.4, -0.2) is 64.7 Å². The molecule has 1 aromatic carbocycles. The van der Waals surface area contributed by atoms with Gasteiger partial charge in [-0.25, -0.2) is 0 Å². The molecule has 2 aliphatic heterocycles. The minimum absolute atomic E-state index is 0.0275. The molecule has 4 atom stereocenters. The summed E-state index contributed by atoms with van der Waals surface area (Å²) in [5.74, 6) is 0. The molecule has 0 amide bonds. The summed E-state index contributed by atoms with van der Waals surface area (Å²) in [4.78, 5) is 0.0355. The molecule has 9 heteroatoms. The van der Waals surface area contributed by atoms with Gasteiger partial charge in [0.25, 0.3) is 10.1 Å². The predicted molar refractivity (Wildman–Crippen MR) is 80.6 cm³/mol. The van der Waals surface area contributed by atoms with Crippen LogP contribution < -0.4 is 0 Å². The molecule has 0 aliphatic carbocycles. The van der Waals surface area contributed by atoms with Gasteiger partial charge in [0.05, 0.1) is 18.1 Å². The molecule has 134 valence electrons. The Morgan fingerprint density at radius 1 is 1.21 bits per heavy atom. The van der Waals surface area contributed by atoms with Gasteiger partial charge in [-0.3, -0.25) is 4.18 Å². The van der Waals surface area contributed by atoms with E-state index in [1.807, 2.05) is 6.92 Å². The molecule has 1 aromatic rings. The van der Waals surface area contributed by atoms with E-state index in [4.69, 9.17) is 23.1 Å². The average molecular weight is 360 g/mol. The van der Waals surface area contributed by atoms with E-state index in [2.05, 4.69) is 0 Å². The topological polar surface area (TPSA) is 101 Å². The van der Waals surface area contributed by atoms with E-state index in [0.29, 0.717) is 6.61 Å². The van der Waals surface area contributed by atoms with Gasteiger partial charge in [-0.05, 0) is 19.1 Å². The molecule has 2 saturated heterocycles. The molecule has 1 N–H and O–H groups in total. The van der Waals surface area contributed by atoms with Crippen molar-refractivity contribution in [2.24, 2.45) is 0 Å². The Labute approximate surface area is 140 Å². The summed E-state index contributed by atoms with van der Waals surface area (Å²) in [6, 6.07) is 6.27. The first-order valence-electron chi connectivity index (χ1n) is 7.54. The highest BCUT2D eigenvalue weighted by molar-refractivity contribution is 7.86. The fourth-order valence-corrected chi connectivity index (χ4v) is 3.52. The van der Waals surface area contributed by atoms with Gasteiger partial charge in [-0.2, -0.15) is 8.42 Å². The van der Waals surface area contributed by atoms with E-state index in [0.717, 1.165) is 5.56 Å². The second-order valence-electron chi connectivity index (χ2n) is 5.69. The van der Waals surface area contributed by atoms with Crippen LogP contribution in [0.3, 0.4) is 0 Å². The smallest absolute Gasteiger partial charge is 0.297 e. The molecule has 2 aliphatic rings. The molecule has 2 fully saturated rings. The lowest BCUT2D eigenvalue weighted by Crippen LogP contribution is -2.57. The van der Waals surface area contributed by atoms with Crippen molar-refractivity contribution < 1.29 is 36.7 Å². The largest absolute Gasteiger partial charge is 0.388 e. The summed E-state index contributed by atoms with van der Waals surface area (Å²) in [5.41, 5.74) is 0.937. The van der Waals surface area contributed by atoms with Crippen molar-refractivity contribution in [1.82, 2.24) is 0 Å². The number of aliphatic hydroxyl groups excluding tert-OH is 1. The van der Waals surface area contributed by atoms with Crippen LogP contribution in [0.2, 0.25) is 0 Å².